The Morgan fingerprint density at radius 2 is 1.94 bits per heavy atom. The fourth-order valence-corrected chi connectivity index (χ4v) is 5.09. The number of rotatable bonds is 5. The number of nitrogens with zero attached hydrogens (tertiary/aromatic N) is 2. The molecule has 0 radical (unpaired) electrons. The molecule has 2 N–H and O–H groups in total. The van der Waals surface area contributed by atoms with Crippen molar-refractivity contribution in [3.63, 3.8) is 0 Å². The number of hydrogen-bond acceptors (Lipinski definition) is 5. The summed E-state index contributed by atoms with van der Waals surface area (Å²) in [6.07, 6.45) is 1.20. The van der Waals surface area contributed by atoms with Crippen LogP contribution in [0.3, 0.4) is 0 Å². The van der Waals surface area contributed by atoms with Crippen LogP contribution in [0.15, 0.2) is 41.5 Å². The molecule has 2 aliphatic rings. The monoisotopic (exact) mass is 497 g/mol. The van der Waals surface area contributed by atoms with E-state index < -0.39 is 18.1 Å². The van der Waals surface area contributed by atoms with E-state index in [9.17, 15) is 23.5 Å². The molecule has 2 aromatic carbocycles. The molecule has 0 unspecified atom stereocenters. The summed E-state index contributed by atoms with van der Waals surface area (Å²) in [4.78, 5) is 30.3. The highest BCUT2D eigenvalue weighted by molar-refractivity contribution is 5.94. The summed E-state index contributed by atoms with van der Waals surface area (Å²) >= 11 is 0. The zero-order valence-corrected chi connectivity index (χ0v) is 20.3. The van der Waals surface area contributed by atoms with E-state index in [1.54, 1.807) is 12.1 Å². The van der Waals surface area contributed by atoms with E-state index in [0.29, 0.717) is 35.9 Å². The van der Waals surface area contributed by atoms with E-state index >= 15 is 0 Å². The number of aromatic nitrogens is 2. The van der Waals surface area contributed by atoms with Crippen LogP contribution in [0.25, 0.3) is 10.9 Å². The third-order valence-electron chi connectivity index (χ3n) is 7.43. The Kier molecular flexibility index (Phi) is 6.38. The van der Waals surface area contributed by atoms with Crippen molar-refractivity contribution in [2.45, 2.75) is 63.6 Å². The minimum Gasteiger partial charge on any atom is -0.389 e. The van der Waals surface area contributed by atoms with Gasteiger partial charge in [-0.1, -0.05) is 12.1 Å². The van der Waals surface area contributed by atoms with Crippen LogP contribution in [0.2, 0.25) is 0 Å². The van der Waals surface area contributed by atoms with Crippen LogP contribution in [0.4, 0.5) is 8.78 Å². The third-order valence-corrected chi connectivity index (χ3v) is 7.43. The van der Waals surface area contributed by atoms with E-state index in [4.69, 9.17) is 4.74 Å². The number of fused-ring (bicyclic) bond motifs is 1. The second-order valence-corrected chi connectivity index (χ2v) is 9.95. The average Bonchev–Trinajstić information content (AvgIpc) is 2.83. The van der Waals surface area contributed by atoms with Crippen LogP contribution in [0.5, 0.6) is 0 Å². The summed E-state index contributed by atoms with van der Waals surface area (Å²) in [7, 11) is 0. The zero-order chi connectivity index (χ0) is 25.6. The highest BCUT2D eigenvalue weighted by Gasteiger charge is 2.45. The van der Waals surface area contributed by atoms with Gasteiger partial charge in [0.2, 0.25) is 0 Å². The van der Waals surface area contributed by atoms with E-state index in [0.717, 1.165) is 22.3 Å². The van der Waals surface area contributed by atoms with Crippen molar-refractivity contribution in [3.8, 4) is 0 Å². The normalized spacial score (nSPS) is 21.8. The number of aliphatic hydroxyl groups is 1. The SMILES string of the molecule is Cc1c(Cc2ccc(C(=O)NC3CC(F)(F)C3)cc2)cc2c(=O)n([C@H]3CCOC[C@@H]3O)cnc2c1C. The van der Waals surface area contributed by atoms with Crippen molar-refractivity contribution in [2.75, 3.05) is 13.2 Å². The lowest BCUT2D eigenvalue weighted by Gasteiger charge is -2.35. The highest BCUT2D eigenvalue weighted by atomic mass is 19.3. The number of carbonyl (C=O) groups is 1. The van der Waals surface area contributed by atoms with Crippen LogP contribution in [0, 0.1) is 13.8 Å². The van der Waals surface area contributed by atoms with Gasteiger partial charge in [0, 0.05) is 31.1 Å². The Hall–Kier alpha value is -3.17. The molecule has 1 aliphatic heterocycles. The van der Waals surface area contributed by atoms with Crippen molar-refractivity contribution in [3.05, 3.63) is 74.8 Å². The molecule has 5 rings (SSSR count). The number of aliphatic hydroxyl groups excluding tert-OH is 1. The van der Waals surface area contributed by atoms with E-state index in [1.165, 1.54) is 10.9 Å². The number of benzene rings is 2. The number of amides is 1. The van der Waals surface area contributed by atoms with Crippen molar-refractivity contribution in [2.24, 2.45) is 0 Å². The van der Waals surface area contributed by atoms with Gasteiger partial charge < -0.3 is 15.2 Å². The molecule has 1 amide bonds. The maximum atomic E-state index is 13.4. The molecule has 1 aromatic heterocycles. The Labute approximate surface area is 207 Å². The second-order valence-electron chi connectivity index (χ2n) is 9.95. The fraction of sp³-hybridized carbons (Fsp3) is 0.444. The van der Waals surface area contributed by atoms with Gasteiger partial charge in [-0.2, -0.15) is 0 Å². The lowest BCUT2D eigenvalue weighted by atomic mass is 9.88. The topological polar surface area (TPSA) is 93.5 Å². The molecule has 190 valence electrons. The van der Waals surface area contributed by atoms with Gasteiger partial charge in [-0.25, -0.2) is 13.8 Å². The van der Waals surface area contributed by atoms with Crippen molar-refractivity contribution in [1.29, 1.82) is 0 Å². The number of nitrogens with one attached hydrogen (secondary N) is 1. The molecule has 2 heterocycles. The van der Waals surface area contributed by atoms with Crippen molar-refractivity contribution < 1.29 is 23.4 Å². The molecular weight excluding hydrogens is 468 g/mol. The summed E-state index contributed by atoms with van der Waals surface area (Å²) in [5.41, 5.74) is 4.75. The van der Waals surface area contributed by atoms with E-state index in [1.807, 2.05) is 32.0 Å². The fourth-order valence-electron chi connectivity index (χ4n) is 5.09. The van der Waals surface area contributed by atoms with Crippen LogP contribution < -0.4 is 10.9 Å². The maximum Gasteiger partial charge on any atom is 0.261 e. The molecule has 3 aromatic rings. The number of aryl methyl sites for hydroxylation is 1. The van der Waals surface area contributed by atoms with Crippen LogP contribution >= 0.6 is 0 Å². The number of carbonyl (C=O) groups excluding carboxylic acids is 1. The van der Waals surface area contributed by atoms with Crippen LogP contribution in [0.1, 0.15) is 57.9 Å². The lowest BCUT2D eigenvalue weighted by Crippen LogP contribution is -2.50. The Bertz CT molecular complexity index is 1360. The van der Waals surface area contributed by atoms with Crippen molar-refractivity contribution >= 4 is 16.8 Å². The van der Waals surface area contributed by atoms with Crippen molar-refractivity contribution in [1.82, 2.24) is 14.9 Å². The molecule has 2 fully saturated rings. The lowest BCUT2D eigenvalue weighted by molar-refractivity contribution is -0.0901. The Morgan fingerprint density at radius 1 is 1.22 bits per heavy atom. The molecule has 1 saturated heterocycles. The molecule has 36 heavy (non-hydrogen) atoms. The van der Waals surface area contributed by atoms with E-state index in [-0.39, 0.29) is 37.0 Å². The molecule has 0 spiro atoms. The van der Waals surface area contributed by atoms with Gasteiger partial charge in [0.1, 0.15) is 0 Å². The molecule has 1 aliphatic carbocycles. The summed E-state index contributed by atoms with van der Waals surface area (Å²) in [6, 6.07) is 8.05. The van der Waals surface area contributed by atoms with Gasteiger partial charge in [0.25, 0.3) is 17.4 Å². The number of alkyl halides is 2. The van der Waals surface area contributed by atoms with Crippen LogP contribution in [-0.2, 0) is 11.2 Å². The number of halogens is 2. The first-order valence-corrected chi connectivity index (χ1v) is 12.2. The Morgan fingerprint density at radius 3 is 2.61 bits per heavy atom. The minimum atomic E-state index is -2.68. The minimum absolute atomic E-state index is 0.189. The summed E-state index contributed by atoms with van der Waals surface area (Å²) < 4.78 is 32.9. The largest absolute Gasteiger partial charge is 0.389 e. The zero-order valence-electron chi connectivity index (χ0n) is 20.3. The van der Waals surface area contributed by atoms with Gasteiger partial charge >= 0.3 is 0 Å². The first-order valence-electron chi connectivity index (χ1n) is 12.2. The molecule has 1 saturated carbocycles. The molecule has 2 atom stereocenters. The highest BCUT2D eigenvalue weighted by Crippen LogP contribution is 2.37. The van der Waals surface area contributed by atoms with Gasteiger partial charge in [0.15, 0.2) is 0 Å². The van der Waals surface area contributed by atoms with Gasteiger partial charge in [-0.05, 0) is 67.1 Å². The van der Waals surface area contributed by atoms with Gasteiger partial charge in [-0.3, -0.25) is 14.2 Å². The van der Waals surface area contributed by atoms with Gasteiger partial charge in [-0.15, -0.1) is 0 Å². The smallest absolute Gasteiger partial charge is 0.261 e. The molecule has 9 heteroatoms. The third kappa shape index (κ3) is 4.65. The first kappa shape index (κ1) is 24.5. The summed E-state index contributed by atoms with van der Waals surface area (Å²) in [5, 5.41) is 13.5. The number of hydrogen-bond donors (Lipinski definition) is 2. The second kappa shape index (κ2) is 9.37. The predicted molar refractivity (Wildman–Crippen MR) is 131 cm³/mol. The van der Waals surface area contributed by atoms with Crippen LogP contribution in [-0.4, -0.2) is 51.8 Å². The first-order chi connectivity index (χ1) is 17.1. The Balaban J connectivity index is 1.38. The molecular formula is C27H29F2N3O4. The standard InChI is InChI=1S/C27H29F2N3O4/c1-15-16(2)24-21(26(35)32(14-30-24)22-7-8-36-13-23(22)33)10-19(15)9-17-3-5-18(6-4-17)25(34)31-20-11-27(28,29)12-20/h3-6,10,14,20,22-23,33H,7-9,11-13H2,1-2H3,(H,31,34)/t22-,23-/m0/s1. The molecule has 7 nitrogen and oxygen atoms in total. The summed E-state index contributed by atoms with van der Waals surface area (Å²) in [6.45, 7) is 4.61. The van der Waals surface area contributed by atoms with Gasteiger partial charge in [0.05, 0.1) is 36.0 Å². The number of ether oxygens (including phenoxy) is 1. The maximum absolute atomic E-state index is 13.4. The predicted octanol–water partition coefficient (Wildman–Crippen LogP) is 3.45. The van der Waals surface area contributed by atoms with E-state index in [2.05, 4.69) is 10.3 Å². The summed E-state index contributed by atoms with van der Waals surface area (Å²) in [5.74, 6) is -3.04. The quantitative estimate of drug-likeness (QED) is 0.563. The average molecular weight is 498 g/mol. The molecule has 0 bridgehead atoms.